The van der Waals surface area contributed by atoms with Crippen LogP contribution in [0.5, 0.6) is 0 Å². The van der Waals surface area contributed by atoms with Gasteiger partial charge in [0.05, 0.1) is 6.61 Å². The van der Waals surface area contributed by atoms with Crippen molar-refractivity contribution in [1.29, 1.82) is 0 Å². The fraction of sp³-hybridized carbons (Fsp3) is 1.00. The summed E-state index contributed by atoms with van der Waals surface area (Å²) in [6, 6.07) is 0. The number of nitrogens with zero attached hydrogens (tertiary/aromatic N) is 1. The zero-order valence-corrected chi connectivity index (χ0v) is 12.6. The zero-order chi connectivity index (χ0) is 13.3. The minimum atomic E-state index is 0.411. The van der Waals surface area contributed by atoms with E-state index in [1.807, 2.05) is 0 Å². The smallest absolute Gasteiger partial charge is 0.0593 e. The maximum absolute atomic E-state index is 5.54. The van der Waals surface area contributed by atoms with Gasteiger partial charge in [0.2, 0.25) is 0 Å². The standard InChI is InChI=1S/C15H32N2O/c1-4-7-15(3,13-16-8-5-2)14-17-9-6-11-18-12-10-17/h16H,4-14H2,1-3H3. The molecule has 0 aliphatic carbocycles. The number of hydrogen-bond donors (Lipinski definition) is 1. The molecule has 0 spiro atoms. The number of rotatable bonds is 8. The van der Waals surface area contributed by atoms with Gasteiger partial charge in [0.15, 0.2) is 0 Å². The van der Waals surface area contributed by atoms with Gasteiger partial charge < -0.3 is 15.0 Å². The molecule has 0 bridgehead atoms. The second-order valence-corrected chi connectivity index (χ2v) is 5.98. The van der Waals surface area contributed by atoms with Crippen LogP contribution in [0.3, 0.4) is 0 Å². The van der Waals surface area contributed by atoms with Crippen LogP contribution in [0, 0.1) is 5.41 Å². The summed E-state index contributed by atoms with van der Waals surface area (Å²) in [5.41, 5.74) is 0.411. The monoisotopic (exact) mass is 256 g/mol. The minimum Gasteiger partial charge on any atom is -0.380 e. The van der Waals surface area contributed by atoms with Crippen LogP contribution in [0.25, 0.3) is 0 Å². The molecule has 1 saturated heterocycles. The molecule has 1 heterocycles. The van der Waals surface area contributed by atoms with E-state index in [2.05, 4.69) is 31.0 Å². The van der Waals surface area contributed by atoms with Gasteiger partial charge >= 0.3 is 0 Å². The molecular formula is C15H32N2O. The number of hydrogen-bond acceptors (Lipinski definition) is 3. The molecule has 0 aromatic rings. The Morgan fingerprint density at radius 3 is 2.72 bits per heavy atom. The molecule has 0 amide bonds. The molecule has 18 heavy (non-hydrogen) atoms. The van der Waals surface area contributed by atoms with E-state index in [1.165, 1.54) is 38.8 Å². The van der Waals surface area contributed by atoms with Gasteiger partial charge in [0.1, 0.15) is 0 Å². The summed E-state index contributed by atoms with van der Waals surface area (Å²) >= 11 is 0. The van der Waals surface area contributed by atoms with Crippen LogP contribution in [0.4, 0.5) is 0 Å². The molecule has 1 unspecified atom stereocenters. The van der Waals surface area contributed by atoms with Crippen molar-refractivity contribution < 1.29 is 4.74 Å². The third-order valence-corrected chi connectivity index (χ3v) is 3.75. The summed E-state index contributed by atoms with van der Waals surface area (Å²) in [7, 11) is 0. The SMILES string of the molecule is CCCNCC(C)(CCC)CN1CCCOCC1. The van der Waals surface area contributed by atoms with Crippen molar-refractivity contribution in [2.75, 3.05) is 45.9 Å². The third-order valence-electron chi connectivity index (χ3n) is 3.75. The van der Waals surface area contributed by atoms with Gasteiger partial charge in [-0.05, 0) is 31.2 Å². The van der Waals surface area contributed by atoms with E-state index in [-0.39, 0.29) is 0 Å². The number of ether oxygens (including phenoxy) is 1. The quantitative estimate of drug-likeness (QED) is 0.675. The molecule has 0 saturated carbocycles. The molecule has 0 aromatic carbocycles. The van der Waals surface area contributed by atoms with Crippen LogP contribution >= 0.6 is 0 Å². The van der Waals surface area contributed by atoms with Crippen LogP contribution < -0.4 is 5.32 Å². The average molecular weight is 256 g/mol. The highest BCUT2D eigenvalue weighted by atomic mass is 16.5. The zero-order valence-electron chi connectivity index (χ0n) is 12.6. The summed E-state index contributed by atoms with van der Waals surface area (Å²) in [4.78, 5) is 2.59. The van der Waals surface area contributed by atoms with E-state index in [0.717, 1.165) is 32.8 Å². The first-order valence-corrected chi connectivity index (χ1v) is 7.71. The second kappa shape index (κ2) is 8.89. The summed E-state index contributed by atoms with van der Waals surface area (Å²) in [6.45, 7) is 14.6. The fourth-order valence-corrected chi connectivity index (χ4v) is 2.89. The first-order valence-electron chi connectivity index (χ1n) is 7.71. The Bertz CT molecular complexity index is 203. The summed E-state index contributed by atoms with van der Waals surface area (Å²) in [6.07, 6.45) is 4.99. The van der Waals surface area contributed by atoms with Crippen LogP contribution in [-0.2, 0) is 4.74 Å². The van der Waals surface area contributed by atoms with Gasteiger partial charge in [-0.2, -0.15) is 0 Å². The minimum absolute atomic E-state index is 0.411. The maximum Gasteiger partial charge on any atom is 0.0593 e. The van der Waals surface area contributed by atoms with Crippen molar-refractivity contribution in [2.45, 2.75) is 46.5 Å². The molecule has 1 N–H and O–H groups in total. The van der Waals surface area contributed by atoms with Crippen LogP contribution in [0.1, 0.15) is 46.5 Å². The lowest BCUT2D eigenvalue weighted by Crippen LogP contribution is -2.43. The molecular weight excluding hydrogens is 224 g/mol. The first-order chi connectivity index (χ1) is 8.70. The van der Waals surface area contributed by atoms with Crippen LogP contribution in [0.15, 0.2) is 0 Å². The van der Waals surface area contributed by atoms with Gasteiger partial charge in [-0.15, -0.1) is 0 Å². The molecule has 1 aliphatic rings. The topological polar surface area (TPSA) is 24.5 Å². The van der Waals surface area contributed by atoms with Gasteiger partial charge in [0, 0.05) is 32.8 Å². The largest absolute Gasteiger partial charge is 0.380 e. The average Bonchev–Trinajstić information content (AvgIpc) is 2.58. The Kier molecular flexibility index (Phi) is 7.87. The molecule has 3 heteroatoms. The van der Waals surface area contributed by atoms with Crippen molar-refractivity contribution in [2.24, 2.45) is 5.41 Å². The molecule has 1 fully saturated rings. The van der Waals surface area contributed by atoms with E-state index in [1.54, 1.807) is 0 Å². The van der Waals surface area contributed by atoms with E-state index < -0.39 is 0 Å². The van der Waals surface area contributed by atoms with Gasteiger partial charge in [-0.3, -0.25) is 0 Å². The van der Waals surface area contributed by atoms with E-state index in [4.69, 9.17) is 4.74 Å². The first kappa shape index (κ1) is 15.9. The fourth-order valence-electron chi connectivity index (χ4n) is 2.89. The molecule has 1 atom stereocenters. The molecule has 108 valence electrons. The highest BCUT2D eigenvalue weighted by molar-refractivity contribution is 4.81. The Balaban J connectivity index is 2.42. The summed E-state index contributed by atoms with van der Waals surface area (Å²) in [5.74, 6) is 0. The van der Waals surface area contributed by atoms with Crippen molar-refractivity contribution in [3.63, 3.8) is 0 Å². The highest BCUT2D eigenvalue weighted by Crippen LogP contribution is 2.24. The Hall–Kier alpha value is -0.120. The molecule has 1 rings (SSSR count). The lowest BCUT2D eigenvalue weighted by molar-refractivity contribution is 0.122. The van der Waals surface area contributed by atoms with Crippen molar-refractivity contribution in [3.05, 3.63) is 0 Å². The van der Waals surface area contributed by atoms with Gasteiger partial charge in [-0.1, -0.05) is 27.2 Å². The van der Waals surface area contributed by atoms with Crippen molar-refractivity contribution in [1.82, 2.24) is 10.2 Å². The maximum atomic E-state index is 5.54. The Morgan fingerprint density at radius 1 is 1.17 bits per heavy atom. The van der Waals surface area contributed by atoms with Gasteiger partial charge in [-0.25, -0.2) is 0 Å². The van der Waals surface area contributed by atoms with E-state index in [9.17, 15) is 0 Å². The van der Waals surface area contributed by atoms with Crippen LogP contribution in [0.2, 0.25) is 0 Å². The third kappa shape index (κ3) is 6.17. The van der Waals surface area contributed by atoms with Crippen molar-refractivity contribution >= 4 is 0 Å². The predicted molar refractivity (Wildman–Crippen MR) is 78.1 cm³/mol. The Labute approximate surface area is 113 Å². The van der Waals surface area contributed by atoms with E-state index in [0.29, 0.717) is 5.41 Å². The number of nitrogens with one attached hydrogen (secondary N) is 1. The van der Waals surface area contributed by atoms with Gasteiger partial charge in [0.25, 0.3) is 0 Å². The van der Waals surface area contributed by atoms with E-state index >= 15 is 0 Å². The molecule has 3 nitrogen and oxygen atoms in total. The lowest BCUT2D eigenvalue weighted by Gasteiger charge is -2.35. The highest BCUT2D eigenvalue weighted by Gasteiger charge is 2.26. The molecule has 1 aliphatic heterocycles. The molecule has 0 radical (unpaired) electrons. The molecule has 0 aromatic heterocycles. The summed E-state index contributed by atoms with van der Waals surface area (Å²) < 4.78 is 5.54. The van der Waals surface area contributed by atoms with Crippen LogP contribution in [-0.4, -0.2) is 50.8 Å². The second-order valence-electron chi connectivity index (χ2n) is 5.98. The predicted octanol–water partition coefficient (Wildman–Crippen LogP) is 2.51. The normalized spacial score (nSPS) is 21.5. The van der Waals surface area contributed by atoms with Crippen molar-refractivity contribution in [3.8, 4) is 0 Å². The Morgan fingerprint density at radius 2 is 2.00 bits per heavy atom. The lowest BCUT2D eigenvalue weighted by atomic mass is 9.84. The summed E-state index contributed by atoms with van der Waals surface area (Å²) in [5, 5.41) is 3.61.